The molecule has 0 aliphatic carbocycles. The second kappa shape index (κ2) is 5.92. The molecule has 0 saturated carbocycles. The molecule has 8 heteroatoms. The molecule has 0 spiro atoms. The van der Waals surface area contributed by atoms with Gasteiger partial charge in [-0.3, -0.25) is 14.2 Å². The van der Waals surface area contributed by atoms with Crippen LogP contribution in [0.1, 0.15) is 6.92 Å². The molecule has 0 aliphatic heterocycles. The predicted octanol–water partition coefficient (Wildman–Crippen LogP) is 0.439. The van der Waals surface area contributed by atoms with Crippen molar-refractivity contribution in [2.75, 3.05) is 0 Å². The van der Waals surface area contributed by atoms with Gasteiger partial charge in [0.2, 0.25) is 5.91 Å². The smallest absolute Gasteiger partial charge is 0.347 e. The van der Waals surface area contributed by atoms with E-state index in [9.17, 15) is 14.4 Å². The molecule has 0 unspecified atom stereocenters. The SMILES string of the molecule is CC(=O)Cn1c(-c2ccc(Cl)cc2)nn(CC(N)=O)c1=O. The van der Waals surface area contributed by atoms with Gasteiger partial charge in [-0.25, -0.2) is 9.48 Å². The van der Waals surface area contributed by atoms with Gasteiger partial charge in [-0.2, -0.15) is 0 Å². The number of nitrogens with zero attached hydrogens (tertiary/aromatic N) is 3. The van der Waals surface area contributed by atoms with Crippen LogP contribution >= 0.6 is 11.6 Å². The first-order valence-corrected chi connectivity index (χ1v) is 6.47. The van der Waals surface area contributed by atoms with Crippen molar-refractivity contribution in [3.8, 4) is 11.4 Å². The highest BCUT2D eigenvalue weighted by Gasteiger charge is 2.17. The van der Waals surface area contributed by atoms with Crippen LogP contribution in [0.25, 0.3) is 11.4 Å². The van der Waals surface area contributed by atoms with Gasteiger partial charge in [0, 0.05) is 10.6 Å². The first kappa shape index (κ1) is 15.0. The van der Waals surface area contributed by atoms with Gasteiger partial charge in [-0.1, -0.05) is 11.6 Å². The van der Waals surface area contributed by atoms with Gasteiger partial charge in [0.15, 0.2) is 5.82 Å². The summed E-state index contributed by atoms with van der Waals surface area (Å²) < 4.78 is 2.14. The maximum absolute atomic E-state index is 12.2. The lowest BCUT2D eigenvalue weighted by Crippen LogP contribution is -2.31. The van der Waals surface area contributed by atoms with Crippen LogP contribution in [-0.4, -0.2) is 26.0 Å². The third kappa shape index (κ3) is 3.38. The lowest BCUT2D eigenvalue weighted by molar-refractivity contribution is -0.119. The predicted molar refractivity (Wildman–Crippen MR) is 76.8 cm³/mol. The van der Waals surface area contributed by atoms with Crippen molar-refractivity contribution < 1.29 is 9.59 Å². The fourth-order valence-corrected chi connectivity index (χ4v) is 2.00. The Kier molecular flexibility index (Phi) is 4.23. The van der Waals surface area contributed by atoms with Crippen LogP contribution in [-0.2, 0) is 22.7 Å². The Morgan fingerprint density at radius 1 is 1.24 bits per heavy atom. The Balaban J connectivity index is 2.57. The van der Waals surface area contributed by atoms with Crippen LogP contribution in [0.2, 0.25) is 5.02 Å². The molecule has 2 aromatic rings. The first-order chi connectivity index (χ1) is 9.88. The van der Waals surface area contributed by atoms with Crippen molar-refractivity contribution in [1.29, 1.82) is 0 Å². The normalized spacial score (nSPS) is 10.6. The quantitative estimate of drug-likeness (QED) is 0.866. The van der Waals surface area contributed by atoms with Gasteiger partial charge >= 0.3 is 5.69 Å². The molecule has 2 N–H and O–H groups in total. The van der Waals surface area contributed by atoms with Gasteiger partial charge < -0.3 is 5.73 Å². The van der Waals surface area contributed by atoms with E-state index in [-0.39, 0.29) is 24.7 Å². The molecule has 21 heavy (non-hydrogen) atoms. The summed E-state index contributed by atoms with van der Waals surface area (Å²) in [7, 11) is 0. The minimum atomic E-state index is -0.688. The van der Waals surface area contributed by atoms with Gasteiger partial charge in [-0.15, -0.1) is 5.10 Å². The van der Waals surface area contributed by atoms with Crippen molar-refractivity contribution in [3.63, 3.8) is 0 Å². The lowest BCUT2D eigenvalue weighted by Gasteiger charge is -2.03. The number of Topliss-reactive ketones (excluding diaryl/α,β-unsaturated/α-hetero) is 1. The molecule has 1 heterocycles. The van der Waals surface area contributed by atoms with E-state index in [1.165, 1.54) is 11.5 Å². The number of primary amides is 1. The van der Waals surface area contributed by atoms with Crippen LogP contribution in [0.4, 0.5) is 0 Å². The molecular weight excluding hydrogens is 296 g/mol. The van der Waals surface area contributed by atoms with Gasteiger partial charge in [0.1, 0.15) is 12.3 Å². The minimum Gasteiger partial charge on any atom is -0.368 e. The van der Waals surface area contributed by atoms with Crippen molar-refractivity contribution >= 4 is 23.3 Å². The summed E-state index contributed by atoms with van der Waals surface area (Å²) in [5, 5.41) is 4.61. The molecule has 0 saturated heterocycles. The van der Waals surface area contributed by atoms with Crippen LogP contribution in [0.3, 0.4) is 0 Å². The number of halogens is 1. The maximum atomic E-state index is 12.2. The Hall–Kier alpha value is -2.41. The van der Waals surface area contributed by atoms with Crippen molar-refractivity contribution in [2.45, 2.75) is 20.0 Å². The number of aromatic nitrogens is 3. The number of nitrogens with two attached hydrogens (primary N) is 1. The fraction of sp³-hybridized carbons (Fsp3) is 0.231. The number of hydrogen-bond acceptors (Lipinski definition) is 4. The van der Waals surface area contributed by atoms with E-state index in [1.54, 1.807) is 24.3 Å². The number of ketones is 1. The number of hydrogen-bond donors (Lipinski definition) is 1. The molecule has 0 aliphatic rings. The van der Waals surface area contributed by atoms with Crippen LogP contribution in [0.15, 0.2) is 29.1 Å². The fourth-order valence-electron chi connectivity index (χ4n) is 1.87. The highest BCUT2D eigenvalue weighted by molar-refractivity contribution is 6.30. The second-order valence-electron chi connectivity index (χ2n) is 4.53. The summed E-state index contributed by atoms with van der Waals surface area (Å²) in [6.07, 6.45) is 0. The van der Waals surface area contributed by atoms with E-state index >= 15 is 0 Å². The molecule has 0 bridgehead atoms. The van der Waals surface area contributed by atoms with Crippen LogP contribution < -0.4 is 11.4 Å². The average molecular weight is 309 g/mol. The van der Waals surface area contributed by atoms with Crippen LogP contribution in [0.5, 0.6) is 0 Å². The highest BCUT2D eigenvalue weighted by atomic mass is 35.5. The van der Waals surface area contributed by atoms with Crippen LogP contribution in [0, 0.1) is 0 Å². The summed E-state index contributed by atoms with van der Waals surface area (Å²) in [5.41, 5.74) is 5.13. The van der Waals surface area contributed by atoms with E-state index in [2.05, 4.69) is 5.10 Å². The van der Waals surface area contributed by atoms with E-state index < -0.39 is 11.6 Å². The molecule has 0 fully saturated rings. The molecule has 110 valence electrons. The summed E-state index contributed by atoms with van der Waals surface area (Å²) in [4.78, 5) is 34.5. The lowest BCUT2D eigenvalue weighted by atomic mass is 10.2. The molecule has 0 atom stereocenters. The Morgan fingerprint density at radius 2 is 1.86 bits per heavy atom. The second-order valence-corrected chi connectivity index (χ2v) is 4.96. The summed E-state index contributed by atoms with van der Waals surface area (Å²) in [5.74, 6) is -0.605. The third-order valence-electron chi connectivity index (χ3n) is 2.71. The zero-order valence-electron chi connectivity index (χ0n) is 11.2. The molecule has 2 rings (SSSR count). The average Bonchev–Trinajstić information content (AvgIpc) is 2.68. The monoisotopic (exact) mass is 308 g/mol. The van der Waals surface area contributed by atoms with Gasteiger partial charge in [0.05, 0.1) is 6.54 Å². The van der Waals surface area contributed by atoms with E-state index in [1.807, 2.05) is 0 Å². The van der Waals surface area contributed by atoms with Crippen molar-refractivity contribution in [2.24, 2.45) is 5.73 Å². The number of amides is 1. The number of carbonyl (C=O) groups excluding carboxylic acids is 2. The maximum Gasteiger partial charge on any atom is 0.347 e. The first-order valence-electron chi connectivity index (χ1n) is 6.10. The molecular formula is C13H13ClN4O3. The minimum absolute atomic E-state index is 0.129. The zero-order valence-corrected chi connectivity index (χ0v) is 12.0. The Bertz CT molecular complexity index is 746. The topological polar surface area (TPSA) is 100.0 Å². The zero-order chi connectivity index (χ0) is 15.6. The molecule has 1 aromatic carbocycles. The van der Waals surface area contributed by atoms with E-state index in [0.29, 0.717) is 10.6 Å². The Morgan fingerprint density at radius 3 is 2.38 bits per heavy atom. The molecule has 0 radical (unpaired) electrons. The summed E-state index contributed by atoms with van der Waals surface area (Å²) >= 11 is 5.82. The summed E-state index contributed by atoms with van der Waals surface area (Å²) in [6.45, 7) is 0.892. The molecule has 1 aromatic heterocycles. The Labute approximate surface area is 124 Å². The number of benzene rings is 1. The molecule has 7 nitrogen and oxygen atoms in total. The number of carbonyl (C=O) groups is 2. The van der Waals surface area contributed by atoms with E-state index in [0.717, 1.165) is 4.68 Å². The van der Waals surface area contributed by atoms with Gasteiger partial charge in [-0.05, 0) is 31.2 Å². The molecule has 1 amide bonds. The summed E-state index contributed by atoms with van der Waals surface area (Å²) in [6, 6.07) is 6.64. The number of rotatable bonds is 5. The van der Waals surface area contributed by atoms with Gasteiger partial charge in [0.25, 0.3) is 0 Å². The van der Waals surface area contributed by atoms with Crippen molar-refractivity contribution in [1.82, 2.24) is 14.3 Å². The third-order valence-corrected chi connectivity index (χ3v) is 2.96. The van der Waals surface area contributed by atoms with E-state index in [4.69, 9.17) is 17.3 Å². The van der Waals surface area contributed by atoms with Crippen molar-refractivity contribution in [3.05, 3.63) is 39.8 Å². The standard InChI is InChI=1S/C13H13ClN4O3/c1-8(19)6-17-12(9-2-4-10(14)5-3-9)16-18(13(17)21)7-11(15)20/h2-5H,6-7H2,1H3,(H2,15,20). The highest BCUT2D eigenvalue weighted by Crippen LogP contribution is 2.18. The largest absolute Gasteiger partial charge is 0.368 e.